The van der Waals surface area contributed by atoms with Gasteiger partial charge in [-0.05, 0) is 54.5 Å². The highest BCUT2D eigenvalue weighted by molar-refractivity contribution is 6.44. The molecule has 1 aliphatic rings. The lowest BCUT2D eigenvalue weighted by molar-refractivity contribution is -0.124. The van der Waals surface area contributed by atoms with Crippen molar-refractivity contribution < 1.29 is 59.7 Å². The number of ketones is 2. The Labute approximate surface area is 290 Å². The van der Waals surface area contributed by atoms with Gasteiger partial charge >= 0.3 is 26.2 Å². The molecule has 0 aromatic heterocycles. The molecule has 3 aromatic carbocycles. The number of benzene rings is 3. The Balaban J connectivity index is 0.000000271. The van der Waals surface area contributed by atoms with Crippen LogP contribution in [0.5, 0.6) is 11.5 Å². The van der Waals surface area contributed by atoms with E-state index in [2.05, 4.69) is 0 Å². The van der Waals surface area contributed by atoms with Crippen LogP contribution in [0.25, 0.3) is 0 Å². The second-order valence-electron chi connectivity index (χ2n) is 12.5. The maximum atomic E-state index is 12.4. The molecule has 0 saturated heterocycles. The van der Waals surface area contributed by atoms with Crippen molar-refractivity contribution >= 4 is 37.7 Å². The Morgan fingerprint density at radius 2 is 1.14 bits per heavy atom. The number of rotatable bonds is 15. The predicted octanol–water partition coefficient (Wildman–Crippen LogP) is 3.22. The number of carbonyl (C=O) groups is 4. The molecule has 4 rings (SSSR count). The van der Waals surface area contributed by atoms with Gasteiger partial charge in [0.1, 0.15) is 28.4 Å². The van der Waals surface area contributed by atoms with Gasteiger partial charge in [0.15, 0.2) is 5.78 Å². The summed E-state index contributed by atoms with van der Waals surface area (Å²) in [6.07, 6.45) is 4.66. The Morgan fingerprint density at radius 1 is 0.680 bits per heavy atom. The number of Topliss-reactive ketones (excluding diaryl/α,β-unsaturated/α-hetero) is 2. The van der Waals surface area contributed by atoms with Gasteiger partial charge in [-0.1, -0.05) is 67.8 Å². The molecular formula is C35H43B2NO12. The SMILES string of the molecule is NCc1ccc(C(=O)C[C@@H](Cc2cccc(C(=O)O)c2O)B(O)O)cc1.O=C(O)c1cccc(C[C@H](CC(=O)C2CCCCC2)B(O)O)c1O. The van der Waals surface area contributed by atoms with E-state index in [4.69, 9.17) is 15.9 Å². The van der Waals surface area contributed by atoms with Crippen LogP contribution in [-0.4, -0.2) is 78.3 Å². The van der Waals surface area contributed by atoms with E-state index in [1.54, 1.807) is 24.3 Å². The molecule has 10 N–H and O–H groups in total. The maximum absolute atomic E-state index is 12.4. The molecule has 1 fully saturated rings. The first kappa shape index (κ1) is 39.9. The molecule has 0 heterocycles. The molecule has 13 nitrogen and oxygen atoms in total. The molecule has 0 amide bonds. The molecule has 0 radical (unpaired) electrons. The number of hydrogen-bond donors (Lipinski definition) is 9. The quantitative estimate of drug-likeness (QED) is 0.0821. The number of aromatic carboxylic acids is 2. The lowest BCUT2D eigenvalue weighted by atomic mass is 9.65. The van der Waals surface area contributed by atoms with Crippen LogP contribution in [0.1, 0.15) is 92.7 Å². The smallest absolute Gasteiger partial charge is 0.455 e. The molecule has 2 atom stereocenters. The van der Waals surface area contributed by atoms with Crippen LogP contribution < -0.4 is 5.73 Å². The monoisotopic (exact) mass is 691 g/mol. The molecule has 15 heteroatoms. The van der Waals surface area contributed by atoms with Crippen molar-refractivity contribution in [1.82, 2.24) is 0 Å². The van der Waals surface area contributed by atoms with Gasteiger partial charge < -0.3 is 46.3 Å². The normalized spacial score (nSPS) is 14.1. The zero-order chi connectivity index (χ0) is 37.0. The van der Waals surface area contributed by atoms with Gasteiger partial charge in [-0.25, -0.2) is 9.59 Å². The summed E-state index contributed by atoms with van der Waals surface area (Å²) in [5.74, 6) is -5.34. The first-order valence-electron chi connectivity index (χ1n) is 16.4. The van der Waals surface area contributed by atoms with Gasteiger partial charge in [0, 0.05) is 42.5 Å². The molecule has 1 aliphatic carbocycles. The van der Waals surface area contributed by atoms with Crippen molar-refractivity contribution in [3.63, 3.8) is 0 Å². The third-order valence-corrected chi connectivity index (χ3v) is 8.99. The summed E-state index contributed by atoms with van der Waals surface area (Å²) in [7, 11) is -3.50. The first-order valence-corrected chi connectivity index (χ1v) is 16.4. The van der Waals surface area contributed by atoms with Crippen molar-refractivity contribution in [2.75, 3.05) is 0 Å². The minimum absolute atomic E-state index is 0.0130. The summed E-state index contributed by atoms with van der Waals surface area (Å²) in [4.78, 5) is 46.9. The fourth-order valence-corrected chi connectivity index (χ4v) is 6.02. The van der Waals surface area contributed by atoms with Crippen molar-refractivity contribution in [2.45, 2.75) is 76.0 Å². The van der Waals surface area contributed by atoms with Gasteiger partial charge in [0.2, 0.25) is 0 Å². The topological polar surface area (TPSA) is 256 Å². The second kappa shape index (κ2) is 19.0. The molecule has 0 aliphatic heterocycles. The van der Waals surface area contributed by atoms with Gasteiger partial charge in [-0.2, -0.15) is 0 Å². The molecule has 266 valence electrons. The summed E-state index contributed by atoms with van der Waals surface area (Å²) < 4.78 is 0. The van der Waals surface area contributed by atoms with Crippen LogP contribution in [0.3, 0.4) is 0 Å². The minimum Gasteiger partial charge on any atom is -0.507 e. The number of para-hydroxylation sites is 2. The van der Waals surface area contributed by atoms with Gasteiger partial charge in [0.25, 0.3) is 0 Å². The van der Waals surface area contributed by atoms with Crippen LogP contribution in [0, 0.1) is 5.92 Å². The van der Waals surface area contributed by atoms with E-state index < -0.39 is 43.6 Å². The summed E-state index contributed by atoms with van der Waals surface area (Å²) in [6, 6.07) is 15.2. The molecule has 0 unspecified atom stereocenters. The number of carbonyl (C=O) groups excluding carboxylic acids is 2. The molecule has 0 bridgehead atoms. The number of carboxylic acid groups (broad SMARTS) is 2. The van der Waals surface area contributed by atoms with Crippen molar-refractivity contribution in [3.05, 3.63) is 94.0 Å². The highest BCUT2D eigenvalue weighted by Gasteiger charge is 2.31. The highest BCUT2D eigenvalue weighted by atomic mass is 16.4. The lowest BCUT2D eigenvalue weighted by Gasteiger charge is -2.23. The zero-order valence-corrected chi connectivity index (χ0v) is 27.5. The molecule has 0 spiro atoms. The van der Waals surface area contributed by atoms with E-state index in [0.29, 0.717) is 17.7 Å². The number of phenols is 2. The van der Waals surface area contributed by atoms with Crippen LogP contribution in [0.4, 0.5) is 0 Å². The van der Waals surface area contributed by atoms with E-state index in [1.165, 1.54) is 36.4 Å². The average Bonchev–Trinajstić information content (AvgIpc) is 3.09. The van der Waals surface area contributed by atoms with Crippen molar-refractivity contribution in [1.29, 1.82) is 0 Å². The number of aromatic hydroxyl groups is 2. The van der Waals surface area contributed by atoms with E-state index in [9.17, 15) is 49.5 Å². The predicted molar refractivity (Wildman–Crippen MR) is 185 cm³/mol. The van der Waals surface area contributed by atoms with E-state index >= 15 is 0 Å². The summed E-state index contributed by atoms with van der Waals surface area (Å²) in [5.41, 5.74) is 6.81. The maximum Gasteiger partial charge on any atom is 0.455 e. The van der Waals surface area contributed by atoms with Gasteiger partial charge in [-0.3, -0.25) is 9.59 Å². The summed E-state index contributed by atoms with van der Waals surface area (Å²) >= 11 is 0. The standard InChI is InChI=1S/C18H20BNO6.C17H23BO6/c20-10-11-4-6-12(7-5-11)16(21)9-14(19(25)26)8-13-2-1-3-15(17(13)22)18(23)24;19-15(11-5-2-1-3-6-11)10-13(18(23)24)9-12-7-4-8-14(16(12)20)17(21)22/h1-7,14,22,25-26H,8-10,20H2,(H,23,24);4,7-8,11,13,20,23-24H,1-3,5-6,9-10H2,(H,21,22)/t14-;13-/m11/s1. The van der Waals surface area contributed by atoms with E-state index in [-0.39, 0.29) is 65.6 Å². The number of nitrogens with two attached hydrogens (primary N) is 1. The lowest BCUT2D eigenvalue weighted by Crippen LogP contribution is -2.28. The molecular weight excluding hydrogens is 648 g/mol. The zero-order valence-electron chi connectivity index (χ0n) is 27.5. The number of carboxylic acids is 2. The van der Waals surface area contributed by atoms with Gasteiger partial charge in [0.05, 0.1) is 0 Å². The molecule has 50 heavy (non-hydrogen) atoms. The van der Waals surface area contributed by atoms with E-state index in [1.807, 2.05) is 0 Å². The third kappa shape index (κ3) is 11.3. The Hall–Kier alpha value is -4.53. The third-order valence-electron chi connectivity index (χ3n) is 8.99. The molecule has 3 aromatic rings. The second-order valence-corrected chi connectivity index (χ2v) is 12.5. The molecule has 1 saturated carbocycles. The van der Waals surface area contributed by atoms with Crippen molar-refractivity contribution in [2.24, 2.45) is 11.7 Å². The van der Waals surface area contributed by atoms with Crippen LogP contribution >= 0.6 is 0 Å². The summed E-state index contributed by atoms with van der Waals surface area (Å²) in [5, 5.41) is 76.6. The Kier molecular flexibility index (Phi) is 15.2. The minimum atomic E-state index is -1.80. The Morgan fingerprint density at radius 3 is 1.56 bits per heavy atom. The van der Waals surface area contributed by atoms with Gasteiger partial charge in [-0.15, -0.1) is 0 Å². The number of hydrogen-bond acceptors (Lipinski definition) is 11. The first-order chi connectivity index (χ1) is 23.7. The van der Waals surface area contributed by atoms with Crippen LogP contribution in [0.2, 0.25) is 11.6 Å². The van der Waals surface area contributed by atoms with Crippen LogP contribution in [-0.2, 0) is 24.2 Å². The largest absolute Gasteiger partial charge is 0.507 e. The average molecular weight is 691 g/mol. The van der Waals surface area contributed by atoms with E-state index in [0.717, 1.165) is 37.7 Å². The van der Waals surface area contributed by atoms with Crippen molar-refractivity contribution in [3.8, 4) is 11.5 Å². The highest BCUT2D eigenvalue weighted by Crippen LogP contribution is 2.33. The van der Waals surface area contributed by atoms with Crippen LogP contribution in [0.15, 0.2) is 60.7 Å². The fourth-order valence-electron chi connectivity index (χ4n) is 6.02. The Bertz CT molecular complexity index is 1620. The summed E-state index contributed by atoms with van der Waals surface area (Å²) in [6.45, 7) is 0.353. The fraction of sp³-hybridized carbons (Fsp3) is 0.371.